The molecule has 7 heteroatoms. The number of aromatic nitrogens is 2. The van der Waals surface area contributed by atoms with Crippen molar-refractivity contribution in [1.29, 1.82) is 0 Å². The minimum atomic E-state index is -0.532. The summed E-state index contributed by atoms with van der Waals surface area (Å²) in [6.45, 7) is 0. The van der Waals surface area contributed by atoms with Gasteiger partial charge in [0.25, 0.3) is 5.91 Å². The van der Waals surface area contributed by atoms with Gasteiger partial charge in [0.1, 0.15) is 17.8 Å². The minimum absolute atomic E-state index is 0.165. The first kappa shape index (κ1) is 17.1. The van der Waals surface area contributed by atoms with Crippen LogP contribution in [0.1, 0.15) is 20.8 Å². The van der Waals surface area contributed by atoms with Crippen LogP contribution in [0.15, 0.2) is 67.0 Å². The van der Waals surface area contributed by atoms with Crippen molar-refractivity contribution in [2.24, 2.45) is 0 Å². The van der Waals surface area contributed by atoms with E-state index >= 15 is 0 Å². The molecule has 3 aromatic rings. The maximum atomic E-state index is 12.5. The number of para-hydroxylation sites is 2. The normalized spacial score (nSPS) is 10.0. The zero-order valence-corrected chi connectivity index (χ0v) is 14.0. The fourth-order valence-electron chi connectivity index (χ4n) is 2.29. The second-order valence-corrected chi connectivity index (χ2v) is 5.27. The Bertz CT molecular complexity index is 929. The van der Waals surface area contributed by atoms with Gasteiger partial charge in [-0.05, 0) is 24.3 Å². The van der Waals surface area contributed by atoms with E-state index in [0.717, 1.165) is 5.69 Å². The van der Waals surface area contributed by atoms with Crippen LogP contribution < -0.4 is 10.6 Å². The number of ether oxygens (including phenoxy) is 1. The van der Waals surface area contributed by atoms with Crippen LogP contribution in [0, 0.1) is 0 Å². The first-order valence-corrected chi connectivity index (χ1v) is 7.80. The summed E-state index contributed by atoms with van der Waals surface area (Å²) in [4.78, 5) is 32.4. The molecule has 1 heterocycles. The van der Waals surface area contributed by atoms with E-state index < -0.39 is 11.9 Å². The Morgan fingerprint density at radius 1 is 0.962 bits per heavy atom. The quantitative estimate of drug-likeness (QED) is 0.688. The Morgan fingerprint density at radius 3 is 2.46 bits per heavy atom. The molecular weight excluding hydrogens is 332 g/mol. The molecule has 0 radical (unpaired) electrons. The summed E-state index contributed by atoms with van der Waals surface area (Å²) in [6.07, 6.45) is 1.30. The molecule has 0 aliphatic carbocycles. The highest BCUT2D eigenvalue weighted by atomic mass is 16.5. The molecule has 0 spiro atoms. The average Bonchev–Trinajstić information content (AvgIpc) is 2.69. The van der Waals surface area contributed by atoms with E-state index in [1.807, 2.05) is 30.3 Å². The van der Waals surface area contributed by atoms with Crippen LogP contribution in [0.25, 0.3) is 0 Å². The van der Waals surface area contributed by atoms with Crippen molar-refractivity contribution in [2.45, 2.75) is 0 Å². The van der Waals surface area contributed by atoms with Crippen LogP contribution in [-0.4, -0.2) is 29.0 Å². The Labute approximate surface area is 150 Å². The summed E-state index contributed by atoms with van der Waals surface area (Å²) in [6, 6.07) is 17.6. The van der Waals surface area contributed by atoms with Gasteiger partial charge >= 0.3 is 5.97 Å². The predicted octanol–water partition coefficient (Wildman–Crippen LogP) is 3.26. The van der Waals surface area contributed by atoms with Crippen molar-refractivity contribution in [3.05, 3.63) is 78.2 Å². The lowest BCUT2D eigenvalue weighted by atomic mass is 10.1. The van der Waals surface area contributed by atoms with Crippen LogP contribution >= 0.6 is 0 Å². The Hall–Kier alpha value is -3.74. The number of hydrogen-bond acceptors (Lipinski definition) is 6. The zero-order valence-electron chi connectivity index (χ0n) is 14.0. The SMILES string of the molecule is COC(=O)c1ccccc1NC(=O)c1cc(Nc2ccccc2)ncn1. The van der Waals surface area contributed by atoms with E-state index in [1.54, 1.807) is 24.3 Å². The molecule has 7 nitrogen and oxygen atoms in total. The van der Waals surface area contributed by atoms with Gasteiger partial charge in [-0.2, -0.15) is 0 Å². The minimum Gasteiger partial charge on any atom is -0.465 e. The molecule has 0 saturated carbocycles. The van der Waals surface area contributed by atoms with E-state index in [0.29, 0.717) is 11.5 Å². The highest BCUT2D eigenvalue weighted by Gasteiger charge is 2.15. The molecule has 0 saturated heterocycles. The number of methoxy groups -OCH3 is 1. The summed E-state index contributed by atoms with van der Waals surface area (Å²) in [5, 5.41) is 5.77. The van der Waals surface area contributed by atoms with Crippen molar-refractivity contribution >= 4 is 29.1 Å². The van der Waals surface area contributed by atoms with E-state index in [4.69, 9.17) is 4.74 Å². The van der Waals surface area contributed by atoms with Crippen LogP contribution in [0.2, 0.25) is 0 Å². The number of carbonyl (C=O) groups excluding carboxylic acids is 2. The summed E-state index contributed by atoms with van der Waals surface area (Å²) in [5.41, 5.74) is 1.62. The zero-order chi connectivity index (χ0) is 18.4. The third-order valence-electron chi connectivity index (χ3n) is 3.53. The highest BCUT2D eigenvalue weighted by molar-refractivity contribution is 6.07. The Morgan fingerprint density at radius 2 is 1.69 bits per heavy atom. The average molecular weight is 348 g/mol. The van der Waals surface area contributed by atoms with Gasteiger partial charge in [0.15, 0.2) is 0 Å². The molecule has 3 rings (SSSR count). The Balaban J connectivity index is 1.79. The van der Waals surface area contributed by atoms with Crippen LogP contribution in [0.3, 0.4) is 0 Å². The first-order valence-electron chi connectivity index (χ1n) is 7.80. The van der Waals surface area contributed by atoms with Crippen molar-refractivity contribution in [3.63, 3.8) is 0 Å². The number of rotatable bonds is 5. The molecule has 2 N–H and O–H groups in total. The fourth-order valence-corrected chi connectivity index (χ4v) is 2.29. The monoisotopic (exact) mass is 348 g/mol. The summed E-state index contributed by atoms with van der Waals surface area (Å²) >= 11 is 0. The van der Waals surface area contributed by atoms with Crippen LogP contribution in [0.5, 0.6) is 0 Å². The van der Waals surface area contributed by atoms with Gasteiger partial charge < -0.3 is 15.4 Å². The Kier molecular flexibility index (Phi) is 5.19. The van der Waals surface area contributed by atoms with Gasteiger partial charge in [-0.15, -0.1) is 0 Å². The first-order chi connectivity index (χ1) is 12.7. The molecular formula is C19H16N4O3. The van der Waals surface area contributed by atoms with Crippen molar-refractivity contribution in [1.82, 2.24) is 9.97 Å². The van der Waals surface area contributed by atoms with E-state index in [-0.39, 0.29) is 11.3 Å². The number of nitrogens with one attached hydrogen (secondary N) is 2. The lowest BCUT2D eigenvalue weighted by Gasteiger charge is -2.10. The topological polar surface area (TPSA) is 93.2 Å². The number of hydrogen-bond donors (Lipinski definition) is 2. The molecule has 0 aliphatic heterocycles. The number of amides is 1. The van der Waals surface area contributed by atoms with E-state index in [9.17, 15) is 9.59 Å². The van der Waals surface area contributed by atoms with Gasteiger partial charge in [-0.25, -0.2) is 14.8 Å². The molecule has 2 aromatic carbocycles. The van der Waals surface area contributed by atoms with Crippen molar-refractivity contribution in [2.75, 3.05) is 17.7 Å². The molecule has 0 aliphatic rings. The smallest absolute Gasteiger partial charge is 0.339 e. The number of nitrogens with zero attached hydrogens (tertiary/aromatic N) is 2. The lowest BCUT2D eigenvalue weighted by Crippen LogP contribution is -2.17. The summed E-state index contributed by atoms with van der Waals surface area (Å²) in [7, 11) is 1.28. The molecule has 26 heavy (non-hydrogen) atoms. The van der Waals surface area contributed by atoms with Gasteiger partial charge in [0.05, 0.1) is 18.4 Å². The molecule has 0 atom stereocenters. The standard InChI is InChI=1S/C19H16N4O3/c1-26-19(25)14-9-5-6-10-15(14)23-18(24)16-11-17(21-12-20-16)22-13-7-3-2-4-8-13/h2-12H,1H3,(H,23,24)(H,20,21,22). The second kappa shape index (κ2) is 7.89. The third-order valence-corrected chi connectivity index (χ3v) is 3.53. The van der Waals surface area contributed by atoms with Gasteiger partial charge in [-0.1, -0.05) is 30.3 Å². The van der Waals surface area contributed by atoms with Crippen LogP contribution in [-0.2, 0) is 4.74 Å². The second-order valence-electron chi connectivity index (χ2n) is 5.27. The molecule has 130 valence electrons. The fraction of sp³-hybridized carbons (Fsp3) is 0.0526. The maximum Gasteiger partial charge on any atom is 0.339 e. The number of carbonyl (C=O) groups is 2. The molecule has 0 bridgehead atoms. The lowest BCUT2D eigenvalue weighted by molar-refractivity contribution is 0.0602. The van der Waals surface area contributed by atoms with Gasteiger partial charge in [-0.3, -0.25) is 4.79 Å². The van der Waals surface area contributed by atoms with Crippen molar-refractivity contribution < 1.29 is 14.3 Å². The molecule has 1 aromatic heterocycles. The third kappa shape index (κ3) is 4.02. The number of anilines is 3. The van der Waals surface area contributed by atoms with Gasteiger partial charge in [0, 0.05) is 11.8 Å². The largest absolute Gasteiger partial charge is 0.465 e. The number of benzene rings is 2. The van der Waals surface area contributed by atoms with Crippen LogP contribution in [0.4, 0.5) is 17.2 Å². The number of esters is 1. The van der Waals surface area contributed by atoms with E-state index in [2.05, 4.69) is 20.6 Å². The molecule has 0 unspecified atom stereocenters. The van der Waals surface area contributed by atoms with Gasteiger partial charge in [0.2, 0.25) is 0 Å². The molecule has 0 fully saturated rings. The predicted molar refractivity (Wildman–Crippen MR) is 97.5 cm³/mol. The summed E-state index contributed by atoms with van der Waals surface area (Å²) in [5.74, 6) is -0.507. The highest BCUT2D eigenvalue weighted by Crippen LogP contribution is 2.18. The summed E-state index contributed by atoms with van der Waals surface area (Å²) < 4.78 is 4.72. The van der Waals surface area contributed by atoms with Crippen molar-refractivity contribution in [3.8, 4) is 0 Å². The van der Waals surface area contributed by atoms with E-state index in [1.165, 1.54) is 19.5 Å². The molecule has 1 amide bonds. The maximum absolute atomic E-state index is 12.5.